The van der Waals surface area contributed by atoms with Gasteiger partial charge in [0.25, 0.3) is 0 Å². The van der Waals surface area contributed by atoms with E-state index in [0.717, 1.165) is 65.2 Å². The Balaban J connectivity index is 1.34. The number of rotatable bonds is 5. The molecule has 166 valence electrons. The normalized spacial score (nSPS) is 16.4. The van der Waals surface area contributed by atoms with E-state index < -0.39 is 11.7 Å². The molecule has 4 nitrogen and oxygen atoms in total. The van der Waals surface area contributed by atoms with Crippen molar-refractivity contribution in [2.24, 2.45) is 0 Å². The molecule has 2 aromatic heterocycles. The summed E-state index contributed by atoms with van der Waals surface area (Å²) in [5.41, 5.74) is 3.04. The van der Waals surface area contributed by atoms with Crippen LogP contribution in [0.2, 0.25) is 0 Å². The lowest BCUT2D eigenvalue weighted by Gasteiger charge is -2.33. The van der Waals surface area contributed by atoms with E-state index in [4.69, 9.17) is 4.74 Å². The Morgan fingerprint density at radius 1 is 1.06 bits per heavy atom. The number of ether oxygens (including phenoxy) is 1. The van der Waals surface area contributed by atoms with E-state index in [1.165, 1.54) is 6.07 Å². The van der Waals surface area contributed by atoms with Crippen LogP contribution in [0.3, 0.4) is 0 Å². The van der Waals surface area contributed by atoms with Crippen molar-refractivity contribution in [2.75, 3.05) is 13.1 Å². The van der Waals surface area contributed by atoms with E-state index in [1.54, 1.807) is 6.07 Å². The number of nitrogens with one attached hydrogen (secondary N) is 2. The minimum atomic E-state index is -4.34. The number of hydrogen-bond acceptors (Lipinski definition) is 2. The molecule has 0 saturated carbocycles. The molecule has 0 saturated heterocycles. The first-order chi connectivity index (χ1) is 15.4. The van der Waals surface area contributed by atoms with Gasteiger partial charge in [0.1, 0.15) is 5.75 Å². The second-order valence-corrected chi connectivity index (χ2v) is 8.11. The summed E-state index contributed by atoms with van der Waals surface area (Å²) in [6.45, 7) is 3.66. The highest BCUT2D eigenvalue weighted by Gasteiger charge is 2.31. The van der Waals surface area contributed by atoms with Gasteiger partial charge in [0.2, 0.25) is 0 Å². The minimum absolute atomic E-state index is 0.0504. The molecule has 2 N–H and O–H groups in total. The zero-order valence-corrected chi connectivity index (χ0v) is 17.7. The van der Waals surface area contributed by atoms with Crippen LogP contribution in [0.15, 0.2) is 60.9 Å². The summed E-state index contributed by atoms with van der Waals surface area (Å²) in [6, 6.07) is 11.9. The zero-order valence-electron chi connectivity index (χ0n) is 17.7. The zero-order chi connectivity index (χ0) is 22.3. The summed E-state index contributed by atoms with van der Waals surface area (Å²) in [4.78, 5) is 8.52. The predicted molar refractivity (Wildman–Crippen MR) is 120 cm³/mol. The van der Waals surface area contributed by atoms with E-state index in [9.17, 15) is 13.2 Å². The van der Waals surface area contributed by atoms with E-state index in [1.807, 2.05) is 36.7 Å². The van der Waals surface area contributed by atoms with Crippen LogP contribution in [0.1, 0.15) is 30.9 Å². The molecule has 2 aromatic carbocycles. The molecular weight excluding hydrogens is 415 g/mol. The Hall–Kier alpha value is -3.19. The average Bonchev–Trinajstić information content (AvgIpc) is 3.44. The van der Waals surface area contributed by atoms with Crippen molar-refractivity contribution >= 4 is 27.4 Å². The fourth-order valence-electron chi connectivity index (χ4n) is 4.48. The maximum Gasteiger partial charge on any atom is 0.416 e. The highest BCUT2D eigenvalue weighted by Crippen LogP contribution is 2.35. The summed E-state index contributed by atoms with van der Waals surface area (Å²) < 4.78 is 45.4. The molecule has 0 fully saturated rings. The fraction of sp³-hybridized carbons (Fsp3) is 0.280. The molecule has 0 amide bonds. The van der Waals surface area contributed by atoms with Gasteiger partial charge in [0, 0.05) is 52.9 Å². The third kappa shape index (κ3) is 3.77. The fourth-order valence-corrected chi connectivity index (χ4v) is 4.48. The third-order valence-electron chi connectivity index (χ3n) is 6.17. The molecule has 0 spiro atoms. The number of hydrogen-bond donors (Lipinski definition) is 2. The number of benzene rings is 2. The number of H-pyrrole nitrogens is 2. The Morgan fingerprint density at radius 3 is 2.69 bits per heavy atom. The molecular formula is C25H24F3N3O. The second kappa shape index (κ2) is 8.06. The molecule has 4 aromatic rings. The molecule has 0 radical (unpaired) electrons. The lowest BCUT2D eigenvalue weighted by molar-refractivity contribution is -0.137. The van der Waals surface area contributed by atoms with Crippen molar-refractivity contribution in [3.05, 3.63) is 72.1 Å². The molecule has 3 heterocycles. The Labute approximate surface area is 183 Å². The second-order valence-electron chi connectivity index (χ2n) is 8.11. The Morgan fingerprint density at radius 2 is 1.94 bits per heavy atom. The number of aromatic nitrogens is 2. The van der Waals surface area contributed by atoms with Gasteiger partial charge < -0.3 is 14.7 Å². The maximum atomic E-state index is 13.0. The van der Waals surface area contributed by atoms with E-state index in [2.05, 4.69) is 27.9 Å². The van der Waals surface area contributed by atoms with Gasteiger partial charge in [-0.25, -0.2) is 0 Å². The molecule has 1 unspecified atom stereocenters. The van der Waals surface area contributed by atoms with Crippen LogP contribution >= 0.6 is 0 Å². The molecule has 0 bridgehead atoms. The third-order valence-corrected chi connectivity index (χ3v) is 6.17. The summed E-state index contributed by atoms with van der Waals surface area (Å²) in [5, 5.41) is 1.89. The van der Waals surface area contributed by atoms with Crippen molar-refractivity contribution in [2.45, 2.75) is 32.2 Å². The largest absolute Gasteiger partial charge is 0.474 e. The van der Waals surface area contributed by atoms with Crippen LogP contribution in [0.25, 0.3) is 27.4 Å². The SMILES string of the molecule is CCC(Oc1cccc2[nH]ccc12)N1CC=C(c2c[nH]c3cc(C(F)(F)F)ccc23)CC1. The quantitative estimate of drug-likeness (QED) is 0.369. The van der Waals surface area contributed by atoms with Gasteiger partial charge in [-0.15, -0.1) is 0 Å². The van der Waals surface area contributed by atoms with Crippen molar-refractivity contribution in [1.82, 2.24) is 14.9 Å². The predicted octanol–water partition coefficient (Wildman–Crippen LogP) is 6.57. The highest BCUT2D eigenvalue weighted by atomic mass is 19.4. The summed E-state index contributed by atoms with van der Waals surface area (Å²) in [5.74, 6) is 0.863. The van der Waals surface area contributed by atoms with Crippen molar-refractivity contribution in [3.63, 3.8) is 0 Å². The van der Waals surface area contributed by atoms with Crippen LogP contribution in [-0.4, -0.2) is 34.2 Å². The summed E-state index contributed by atoms with van der Waals surface area (Å²) >= 11 is 0. The molecule has 5 rings (SSSR count). The number of aromatic amines is 2. The van der Waals surface area contributed by atoms with Crippen LogP contribution in [0, 0.1) is 0 Å². The van der Waals surface area contributed by atoms with Crippen molar-refractivity contribution < 1.29 is 17.9 Å². The van der Waals surface area contributed by atoms with Gasteiger partial charge in [0.05, 0.1) is 5.56 Å². The molecule has 1 aliphatic heterocycles. The van der Waals surface area contributed by atoms with Gasteiger partial charge in [-0.1, -0.05) is 25.1 Å². The number of fused-ring (bicyclic) bond motifs is 2. The summed E-state index contributed by atoms with van der Waals surface area (Å²) in [7, 11) is 0. The van der Waals surface area contributed by atoms with Crippen LogP contribution in [0.4, 0.5) is 13.2 Å². The smallest absolute Gasteiger partial charge is 0.416 e. The van der Waals surface area contributed by atoms with Gasteiger partial charge >= 0.3 is 6.18 Å². The van der Waals surface area contributed by atoms with E-state index in [-0.39, 0.29) is 6.23 Å². The summed E-state index contributed by atoms with van der Waals surface area (Å²) in [6.07, 6.45) is 3.14. The molecule has 7 heteroatoms. The lowest BCUT2D eigenvalue weighted by Crippen LogP contribution is -2.41. The first-order valence-electron chi connectivity index (χ1n) is 10.8. The van der Waals surface area contributed by atoms with Crippen LogP contribution in [-0.2, 0) is 6.18 Å². The highest BCUT2D eigenvalue weighted by molar-refractivity contribution is 5.93. The molecule has 0 aliphatic carbocycles. The maximum absolute atomic E-state index is 13.0. The van der Waals surface area contributed by atoms with Gasteiger partial charge in [-0.05, 0) is 48.7 Å². The lowest BCUT2D eigenvalue weighted by atomic mass is 9.98. The van der Waals surface area contributed by atoms with Crippen LogP contribution in [0.5, 0.6) is 5.75 Å². The number of alkyl halides is 3. The first kappa shape index (κ1) is 20.7. The number of nitrogens with zero attached hydrogens (tertiary/aromatic N) is 1. The monoisotopic (exact) mass is 439 g/mol. The molecule has 1 aliphatic rings. The Kier molecular flexibility index (Phi) is 5.21. The number of halogens is 3. The molecule has 1 atom stereocenters. The Bertz CT molecular complexity index is 1280. The van der Waals surface area contributed by atoms with Gasteiger partial charge in [-0.3, -0.25) is 4.90 Å². The van der Waals surface area contributed by atoms with Gasteiger partial charge in [-0.2, -0.15) is 13.2 Å². The van der Waals surface area contributed by atoms with E-state index in [0.29, 0.717) is 5.52 Å². The average molecular weight is 439 g/mol. The molecule has 32 heavy (non-hydrogen) atoms. The van der Waals surface area contributed by atoms with Gasteiger partial charge in [0.15, 0.2) is 6.23 Å². The van der Waals surface area contributed by atoms with E-state index >= 15 is 0 Å². The topological polar surface area (TPSA) is 44.0 Å². The minimum Gasteiger partial charge on any atom is -0.474 e. The van der Waals surface area contributed by atoms with Crippen molar-refractivity contribution in [3.8, 4) is 5.75 Å². The standard InChI is InChI=1S/C25H24F3N3O/c1-2-24(32-23-5-3-4-21-19(23)8-11-29-21)31-12-9-16(10-13-31)20-15-30-22-14-17(25(26,27)28)6-7-18(20)22/h3-9,11,14-15,24,29-30H,2,10,12-13H2,1H3. The first-order valence-corrected chi connectivity index (χ1v) is 10.8. The van der Waals surface area contributed by atoms with Crippen LogP contribution < -0.4 is 4.74 Å². The van der Waals surface area contributed by atoms with Crippen molar-refractivity contribution in [1.29, 1.82) is 0 Å².